The Hall–Kier alpha value is -2.01. The number of aromatic nitrogens is 2. The van der Waals surface area contributed by atoms with Crippen LogP contribution in [-0.2, 0) is 7.05 Å². The van der Waals surface area contributed by atoms with Crippen molar-refractivity contribution in [3.05, 3.63) is 41.7 Å². The number of methoxy groups -OCH3 is 2. The van der Waals surface area contributed by atoms with Crippen molar-refractivity contribution >= 4 is 0 Å². The minimum Gasteiger partial charge on any atom is -0.496 e. The van der Waals surface area contributed by atoms with Gasteiger partial charge in [-0.15, -0.1) is 0 Å². The van der Waals surface area contributed by atoms with Crippen LogP contribution in [0.5, 0.6) is 11.5 Å². The molecule has 1 N–H and O–H groups in total. The highest BCUT2D eigenvalue weighted by Crippen LogP contribution is 2.36. The van der Waals surface area contributed by atoms with Crippen LogP contribution in [0.3, 0.4) is 0 Å². The van der Waals surface area contributed by atoms with E-state index in [1.165, 1.54) is 0 Å². The molecule has 5 heteroatoms. The minimum atomic E-state index is -0.0581. The summed E-state index contributed by atoms with van der Waals surface area (Å²) in [4.78, 5) is 0. The van der Waals surface area contributed by atoms with Crippen molar-refractivity contribution in [1.29, 1.82) is 0 Å². The minimum absolute atomic E-state index is 0.0581. The molecule has 21 heavy (non-hydrogen) atoms. The van der Waals surface area contributed by atoms with Crippen LogP contribution in [-0.4, -0.2) is 30.5 Å². The molecule has 0 bridgehead atoms. The van der Waals surface area contributed by atoms with Crippen LogP contribution in [0.15, 0.2) is 30.5 Å². The summed E-state index contributed by atoms with van der Waals surface area (Å²) in [7, 11) is 5.26. The molecule has 0 saturated heterocycles. The van der Waals surface area contributed by atoms with E-state index in [4.69, 9.17) is 9.47 Å². The Bertz CT molecular complexity index is 558. The van der Waals surface area contributed by atoms with Crippen molar-refractivity contribution < 1.29 is 9.47 Å². The summed E-state index contributed by atoms with van der Waals surface area (Å²) in [6.45, 7) is 3.03. The fourth-order valence-corrected chi connectivity index (χ4v) is 2.39. The quantitative estimate of drug-likeness (QED) is 0.851. The van der Waals surface area contributed by atoms with Gasteiger partial charge in [-0.1, -0.05) is 13.0 Å². The topological polar surface area (TPSA) is 48.3 Å². The summed E-state index contributed by atoms with van der Waals surface area (Å²) in [6.07, 6.45) is 2.98. The first-order valence-electron chi connectivity index (χ1n) is 7.15. The van der Waals surface area contributed by atoms with E-state index in [0.717, 1.165) is 35.7 Å². The molecule has 0 saturated carbocycles. The van der Waals surface area contributed by atoms with Crippen LogP contribution in [0.4, 0.5) is 0 Å². The predicted molar refractivity (Wildman–Crippen MR) is 82.9 cm³/mol. The van der Waals surface area contributed by atoms with Gasteiger partial charge in [-0.3, -0.25) is 4.68 Å². The maximum Gasteiger partial charge on any atom is 0.127 e. The Balaban J connectivity index is 2.50. The average Bonchev–Trinajstić information content (AvgIpc) is 2.94. The van der Waals surface area contributed by atoms with Gasteiger partial charge in [-0.2, -0.15) is 5.10 Å². The summed E-state index contributed by atoms with van der Waals surface area (Å²) in [5, 5.41) is 8.06. The average molecular weight is 289 g/mol. The first-order chi connectivity index (χ1) is 10.2. The highest BCUT2D eigenvalue weighted by molar-refractivity contribution is 5.49. The maximum atomic E-state index is 5.52. The second-order valence-corrected chi connectivity index (χ2v) is 4.88. The van der Waals surface area contributed by atoms with E-state index < -0.39 is 0 Å². The van der Waals surface area contributed by atoms with E-state index in [2.05, 4.69) is 17.3 Å². The van der Waals surface area contributed by atoms with Gasteiger partial charge in [0.1, 0.15) is 11.5 Å². The number of hydrogen-bond donors (Lipinski definition) is 1. The number of hydrogen-bond acceptors (Lipinski definition) is 4. The standard InChI is InChI=1S/C16H23N3O2/c1-5-10-17-16(12-9-11-19(2)18-12)15-13(20-3)7-6-8-14(15)21-4/h6-9,11,16-17H,5,10H2,1-4H3. The molecule has 1 unspecified atom stereocenters. The van der Waals surface area contributed by atoms with E-state index in [-0.39, 0.29) is 6.04 Å². The molecule has 2 aromatic rings. The highest BCUT2D eigenvalue weighted by Gasteiger charge is 2.23. The van der Waals surface area contributed by atoms with Gasteiger partial charge < -0.3 is 14.8 Å². The summed E-state index contributed by atoms with van der Waals surface area (Å²) in [6, 6.07) is 7.77. The van der Waals surface area contributed by atoms with Crippen molar-refractivity contribution in [2.75, 3.05) is 20.8 Å². The molecule has 0 amide bonds. The van der Waals surface area contributed by atoms with Gasteiger partial charge in [0, 0.05) is 13.2 Å². The highest BCUT2D eigenvalue weighted by atomic mass is 16.5. The summed E-state index contributed by atoms with van der Waals surface area (Å²) in [5.41, 5.74) is 1.93. The van der Waals surface area contributed by atoms with Crippen molar-refractivity contribution in [1.82, 2.24) is 15.1 Å². The third kappa shape index (κ3) is 3.36. The number of rotatable bonds is 7. The molecular formula is C16H23N3O2. The fourth-order valence-electron chi connectivity index (χ4n) is 2.39. The molecule has 2 rings (SSSR count). The van der Waals surface area contributed by atoms with Crippen LogP contribution in [0, 0.1) is 0 Å². The molecular weight excluding hydrogens is 266 g/mol. The molecule has 1 aromatic carbocycles. The zero-order valence-electron chi connectivity index (χ0n) is 13.1. The molecule has 5 nitrogen and oxygen atoms in total. The van der Waals surface area contributed by atoms with Crippen LogP contribution >= 0.6 is 0 Å². The smallest absolute Gasteiger partial charge is 0.127 e. The second kappa shape index (κ2) is 7.13. The zero-order valence-corrected chi connectivity index (χ0v) is 13.1. The number of aryl methyl sites for hydroxylation is 1. The lowest BCUT2D eigenvalue weighted by Gasteiger charge is -2.22. The normalized spacial score (nSPS) is 12.2. The molecule has 0 aliphatic heterocycles. The predicted octanol–water partition coefficient (Wildman–Crippen LogP) is 2.53. The van der Waals surface area contributed by atoms with Crippen molar-refractivity contribution in [2.45, 2.75) is 19.4 Å². The Kier molecular flexibility index (Phi) is 5.22. The first-order valence-corrected chi connectivity index (χ1v) is 7.15. The molecule has 1 atom stereocenters. The Labute approximate surface area is 125 Å². The molecule has 0 radical (unpaired) electrons. The van der Waals surface area contributed by atoms with Gasteiger partial charge in [-0.05, 0) is 31.2 Å². The van der Waals surface area contributed by atoms with Gasteiger partial charge in [-0.25, -0.2) is 0 Å². The van der Waals surface area contributed by atoms with Gasteiger partial charge >= 0.3 is 0 Å². The molecule has 0 fully saturated rings. The van der Waals surface area contributed by atoms with E-state index in [1.807, 2.05) is 37.5 Å². The lowest BCUT2D eigenvalue weighted by Crippen LogP contribution is -2.24. The largest absolute Gasteiger partial charge is 0.496 e. The molecule has 0 spiro atoms. The Morgan fingerprint density at radius 2 is 1.86 bits per heavy atom. The summed E-state index contributed by atoms with van der Waals surface area (Å²) < 4.78 is 12.8. The Morgan fingerprint density at radius 3 is 2.33 bits per heavy atom. The number of nitrogens with one attached hydrogen (secondary N) is 1. The van der Waals surface area contributed by atoms with Crippen LogP contribution < -0.4 is 14.8 Å². The van der Waals surface area contributed by atoms with Crippen LogP contribution in [0.2, 0.25) is 0 Å². The number of nitrogens with zero attached hydrogens (tertiary/aromatic N) is 2. The van der Waals surface area contributed by atoms with Crippen LogP contribution in [0.25, 0.3) is 0 Å². The van der Waals surface area contributed by atoms with Crippen molar-refractivity contribution in [3.8, 4) is 11.5 Å². The van der Waals surface area contributed by atoms with Gasteiger partial charge in [0.25, 0.3) is 0 Å². The van der Waals surface area contributed by atoms with Gasteiger partial charge in [0.15, 0.2) is 0 Å². The molecule has 114 valence electrons. The molecule has 1 heterocycles. The third-order valence-corrected chi connectivity index (χ3v) is 3.38. The molecule has 1 aromatic heterocycles. The first kappa shape index (κ1) is 15.4. The second-order valence-electron chi connectivity index (χ2n) is 4.88. The van der Waals surface area contributed by atoms with E-state index in [1.54, 1.807) is 18.9 Å². The van der Waals surface area contributed by atoms with Gasteiger partial charge in [0.05, 0.1) is 31.5 Å². The van der Waals surface area contributed by atoms with E-state index in [0.29, 0.717) is 0 Å². The van der Waals surface area contributed by atoms with E-state index >= 15 is 0 Å². The van der Waals surface area contributed by atoms with Crippen molar-refractivity contribution in [3.63, 3.8) is 0 Å². The SMILES string of the molecule is CCCNC(c1ccn(C)n1)c1c(OC)cccc1OC. The molecule has 0 aliphatic carbocycles. The zero-order chi connectivity index (χ0) is 15.2. The van der Waals surface area contributed by atoms with E-state index in [9.17, 15) is 0 Å². The van der Waals surface area contributed by atoms with Crippen LogP contribution in [0.1, 0.15) is 30.6 Å². The lowest BCUT2D eigenvalue weighted by atomic mass is 10.0. The summed E-state index contributed by atoms with van der Waals surface area (Å²) in [5.74, 6) is 1.60. The monoisotopic (exact) mass is 289 g/mol. The summed E-state index contributed by atoms with van der Waals surface area (Å²) >= 11 is 0. The molecule has 0 aliphatic rings. The van der Waals surface area contributed by atoms with Gasteiger partial charge in [0.2, 0.25) is 0 Å². The fraction of sp³-hybridized carbons (Fsp3) is 0.438. The Morgan fingerprint density at radius 1 is 1.19 bits per heavy atom. The number of benzene rings is 1. The number of ether oxygens (including phenoxy) is 2. The lowest BCUT2D eigenvalue weighted by molar-refractivity contribution is 0.375. The maximum absolute atomic E-state index is 5.52. The van der Waals surface area contributed by atoms with Crippen molar-refractivity contribution in [2.24, 2.45) is 7.05 Å². The third-order valence-electron chi connectivity index (χ3n) is 3.38.